The molecular weight excluding hydrogens is 777 g/mol. The molecule has 0 unspecified atom stereocenters. The van der Waals surface area contributed by atoms with Crippen LogP contribution in [0.15, 0.2) is 60.7 Å². The van der Waals surface area contributed by atoms with Crippen LogP contribution < -0.4 is 5.11 Å². The largest absolute Gasteiger partial charge is 1.00 e. The molecule has 2 saturated heterocycles. The van der Waals surface area contributed by atoms with Crippen molar-refractivity contribution in [3.63, 3.8) is 0 Å². The molecule has 2 aliphatic heterocycles. The Kier molecular flexibility index (Phi) is 17.4. The van der Waals surface area contributed by atoms with E-state index in [1.165, 1.54) is 0 Å². The van der Waals surface area contributed by atoms with Gasteiger partial charge in [0.25, 0.3) is 0 Å². The molecule has 45 heavy (non-hydrogen) atoms. The Morgan fingerprint density at radius 3 is 1.76 bits per heavy atom. The van der Waals surface area contributed by atoms with Gasteiger partial charge in [-0.25, -0.2) is 0 Å². The van der Waals surface area contributed by atoms with Gasteiger partial charge in [-0.2, -0.15) is 0 Å². The maximum atomic E-state index is 8.89. The second-order valence-corrected chi connectivity index (χ2v) is 18.0. The van der Waals surface area contributed by atoms with Crippen molar-refractivity contribution in [1.82, 2.24) is 0 Å². The summed E-state index contributed by atoms with van der Waals surface area (Å²) in [6.45, 7) is 16.2. The number of hydrogen-bond donors (Lipinski definition) is 0. The summed E-state index contributed by atoms with van der Waals surface area (Å²) >= 11 is 0. The number of carboxylic acid groups (broad SMARTS) is 1. The molecule has 2 heterocycles. The second-order valence-electron chi connectivity index (χ2n) is 12.5. The normalized spacial score (nSPS) is 24.9. The summed E-state index contributed by atoms with van der Waals surface area (Å²) in [6, 6.07) is 20.5. The van der Waals surface area contributed by atoms with Gasteiger partial charge in [-0.3, -0.25) is 0 Å². The molecule has 2 aliphatic rings. The minimum atomic E-state index is -2.12. The van der Waals surface area contributed by atoms with Gasteiger partial charge in [-0.1, -0.05) is 102 Å². The van der Waals surface area contributed by atoms with Gasteiger partial charge >= 0.3 is 27.7 Å². The van der Waals surface area contributed by atoms with Gasteiger partial charge in [-0.15, -0.1) is 0 Å². The minimum Gasteiger partial charge on any atom is -0.550 e. The zero-order valence-electron chi connectivity index (χ0n) is 28.3. The summed E-state index contributed by atoms with van der Waals surface area (Å²) < 4.78 is 39.2. The summed E-state index contributed by atoms with van der Waals surface area (Å²) in [4.78, 5) is 8.89. The van der Waals surface area contributed by atoms with Crippen LogP contribution in [0.1, 0.15) is 66.0 Å². The Labute approximate surface area is 292 Å². The topological polar surface area (TPSA) is 95.5 Å². The Balaban J connectivity index is 0.00000133. The van der Waals surface area contributed by atoms with E-state index in [1.54, 1.807) is 7.11 Å². The fraction of sp³-hybridized carbons (Fsp3) is 0.600. The third kappa shape index (κ3) is 11.2. The van der Waals surface area contributed by atoms with Crippen LogP contribution in [0.3, 0.4) is 0 Å². The number of benzene rings is 2. The van der Waals surface area contributed by atoms with E-state index >= 15 is 0 Å². The van der Waals surface area contributed by atoms with Gasteiger partial charge in [0.1, 0.15) is 24.4 Å². The summed E-state index contributed by atoms with van der Waals surface area (Å²) in [5.74, 6) is -1.08. The number of aliphatic carboxylic acids is 1. The molecule has 246 valence electrons. The average Bonchev–Trinajstić information content (AvgIpc) is 2.99. The Morgan fingerprint density at radius 2 is 1.31 bits per heavy atom. The van der Waals surface area contributed by atoms with Crippen molar-refractivity contribution in [3.05, 3.63) is 78.2 Å². The summed E-state index contributed by atoms with van der Waals surface area (Å²) in [5, 5.41) is 8.89. The van der Waals surface area contributed by atoms with Crippen LogP contribution in [0.5, 0.6) is 0 Å². The van der Waals surface area contributed by atoms with Crippen LogP contribution in [0, 0.1) is 6.42 Å². The van der Waals surface area contributed by atoms with Crippen LogP contribution in [-0.2, 0) is 73.8 Å². The van der Waals surface area contributed by atoms with Crippen LogP contribution >= 0.6 is 0 Å². The monoisotopic (exact) mass is 830 g/mol. The summed E-state index contributed by atoms with van der Waals surface area (Å²) in [6.07, 6.45) is 0.854. The number of fused-ring (bicyclic) bond motifs is 1. The maximum absolute atomic E-state index is 8.89. The van der Waals surface area contributed by atoms with E-state index in [-0.39, 0.29) is 58.2 Å². The molecule has 0 saturated carbocycles. The molecular formula is C35H52HgO8Si. The van der Waals surface area contributed by atoms with E-state index < -0.39 is 20.6 Å². The number of carboxylic acids is 1. The third-order valence-electron chi connectivity index (χ3n) is 8.59. The first-order valence-corrected chi connectivity index (χ1v) is 17.9. The van der Waals surface area contributed by atoms with Crippen LogP contribution in [-0.4, -0.2) is 64.8 Å². The standard InChI is InChI=1S/C33H49O6Si.C2H4O2.Hg/c1-23(2)40(24(3)4,25(5)6)37-22-29-31(35-20-26-14-10-8-11-15-26)33(36-21-27-16-12-9-13-17-27)32-28(38-29)18-19-30(34-7)39-32;1-2(3)4;/h8-17,19,23-25,28-33H,18,20-22H2,1-7H3;1H3,(H,3,4);/q;;+1/p-1/t28-,29+,30-,31+,32-,33-;;/m0../s1. The molecule has 0 bridgehead atoms. The fourth-order valence-electron chi connectivity index (χ4n) is 6.74. The quantitative estimate of drug-likeness (QED) is 0.233. The van der Waals surface area contributed by atoms with Gasteiger partial charge in [0.2, 0.25) is 0 Å². The molecule has 10 heteroatoms. The SMILES string of the molecule is CC(=O)[O-].CO[C@@H]1[CH]C[C@@H]2O[C@H](CO[Si](C(C)C)(C(C)C)C(C)C)[C@@H](OCc3ccccc3)[C@H](OCc3ccccc3)[C@H]2O1.[Hg+]. The molecule has 2 radical (unpaired) electrons. The molecule has 8 nitrogen and oxygen atoms in total. The Morgan fingerprint density at radius 1 is 0.844 bits per heavy atom. The van der Waals surface area contributed by atoms with Crippen molar-refractivity contribution < 1.29 is 65.7 Å². The van der Waals surface area contributed by atoms with Crippen molar-refractivity contribution in [2.75, 3.05) is 13.7 Å². The molecule has 2 aromatic carbocycles. The van der Waals surface area contributed by atoms with E-state index in [1.807, 2.05) is 42.8 Å². The van der Waals surface area contributed by atoms with Gasteiger partial charge in [0.05, 0.1) is 25.9 Å². The second kappa shape index (κ2) is 19.6. The molecule has 4 rings (SSSR count). The van der Waals surface area contributed by atoms with Crippen molar-refractivity contribution >= 4 is 14.3 Å². The van der Waals surface area contributed by atoms with Crippen LogP contribution in [0.25, 0.3) is 0 Å². The number of carbonyl (C=O) groups is 1. The van der Waals surface area contributed by atoms with Gasteiger partial charge in [0.15, 0.2) is 14.6 Å². The fourth-order valence-corrected chi connectivity index (χ4v) is 12.2. The Bertz CT molecular complexity index is 1080. The molecule has 0 N–H and O–H groups in total. The van der Waals surface area contributed by atoms with E-state index in [2.05, 4.69) is 65.8 Å². The van der Waals surface area contributed by atoms with Gasteiger partial charge in [0, 0.05) is 19.5 Å². The molecule has 6 atom stereocenters. The number of carbonyl (C=O) groups excluding carboxylic acids is 1. The number of rotatable bonds is 13. The minimum absolute atomic E-state index is 0. The summed E-state index contributed by atoms with van der Waals surface area (Å²) in [5.41, 5.74) is 3.65. The van der Waals surface area contributed by atoms with E-state index in [9.17, 15) is 0 Å². The average molecular weight is 829 g/mol. The van der Waals surface area contributed by atoms with Crippen molar-refractivity contribution in [2.24, 2.45) is 0 Å². The number of hydrogen-bond acceptors (Lipinski definition) is 8. The third-order valence-corrected chi connectivity index (χ3v) is 14.7. The summed E-state index contributed by atoms with van der Waals surface area (Å²) in [7, 11) is -0.451. The zero-order chi connectivity index (χ0) is 32.3. The first kappa shape index (κ1) is 40.0. The predicted molar refractivity (Wildman–Crippen MR) is 171 cm³/mol. The Hall–Kier alpha value is -1.18. The molecule has 2 fully saturated rings. The first-order chi connectivity index (χ1) is 21.0. The first-order valence-electron chi connectivity index (χ1n) is 15.8. The molecule has 0 aromatic heterocycles. The van der Waals surface area contributed by atoms with E-state index in [0.29, 0.717) is 36.4 Å². The number of ether oxygens (including phenoxy) is 5. The zero-order valence-corrected chi connectivity index (χ0v) is 34.8. The van der Waals surface area contributed by atoms with E-state index in [4.69, 9.17) is 38.0 Å². The van der Waals surface area contributed by atoms with E-state index in [0.717, 1.165) is 24.5 Å². The van der Waals surface area contributed by atoms with Crippen LogP contribution in [0.2, 0.25) is 16.6 Å². The maximum Gasteiger partial charge on any atom is 1.00 e. The van der Waals surface area contributed by atoms with Crippen molar-refractivity contribution in [1.29, 1.82) is 0 Å². The molecule has 0 spiro atoms. The molecule has 0 amide bonds. The van der Waals surface area contributed by atoms with Gasteiger partial charge in [-0.05, 0) is 41.1 Å². The van der Waals surface area contributed by atoms with Crippen LogP contribution in [0.4, 0.5) is 0 Å². The predicted octanol–water partition coefficient (Wildman–Crippen LogP) is 5.84. The van der Waals surface area contributed by atoms with Crippen molar-refractivity contribution in [3.8, 4) is 0 Å². The molecule has 2 aromatic rings. The number of methoxy groups -OCH3 is 1. The smallest absolute Gasteiger partial charge is 0.550 e. The molecule has 0 aliphatic carbocycles. The van der Waals surface area contributed by atoms with Gasteiger partial charge < -0.3 is 38.0 Å². The van der Waals surface area contributed by atoms with Crippen molar-refractivity contribution in [2.45, 2.75) is 122 Å².